The van der Waals surface area contributed by atoms with Gasteiger partial charge in [0.15, 0.2) is 0 Å². The molecule has 0 amide bonds. The van der Waals surface area contributed by atoms with E-state index in [4.69, 9.17) is 4.74 Å². The van der Waals surface area contributed by atoms with Crippen molar-refractivity contribution in [1.29, 1.82) is 0 Å². The molecular formula is C13H9FN4O. The molecule has 0 aliphatic heterocycles. The van der Waals surface area contributed by atoms with E-state index in [-0.39, 0.29) is 5.82 Å². The summed E-state index contributed by atoms with van der Waals surface area (Å²) in [5.74, 6) is 0.593. The second kappa shape index (κ2) is 4.85. The van der Waals surface area contributed by atoms with Gasteiger partial charge in [0.25, 0.3) is 0 Å². The Balaban J connectivity index is 1.95. The molecule has 5 nitrogen and oxygen atoms in total. The first kappa shape index (κ1) is 11.3. The van der Waals surface area contributed by atoms with Crippen LogP contribution in [-0.4, -0.2) is 19.7 Å². The van der Waals surface area contributed by atoms with Crippen molar-refractivity contribution >= 4 is 0 Å². The molecule has 0 radical (unpaired) electrons. The van der Waals surface area contributed by atoms with Crippen LogP contribution < -0.4 is 4.74 Å². The van der Waals surface area contributed by atoms with E-state index in [0.717, 1.165) is 0 Å². The van der Waals surface area contributed by atoms with Gasteiger partial charge >= 0.3 is 0 Å². The number of halogens is 1. The number of nitrogens with zero attached hydrogens (tertiary/aromatic N) is 4. The van der Waals surface area contributed by atoms with Crippen LogP contribution in [0, 0.1) is 5.82 Å². The number of pyridine rings is 1. The molecule has 0 aliphatic carbocycles. The van der Waals surface area contributed by atoms with Crippen molar-refractivity contribution in [1.82, 2.24) is 19.7 Å². The predicted octanol–water partition coefficient (Wildman–Crippen LogP) is 2.59. The monoisotopic (exact) mass is 256 g/mol. The van der Waals surface area contributed by atoms with Gasteiger partial charge in [-0.15, -0.1) is 10.2 Å². The number of hydrogen-bond acceptors (Lipinski definition) is 4. The molecule has 3 aromatic rings. The highest BCUT2D eigenvalue weighted by Gasteiger charge is 2.08. The molecule has 0 atom stereocenters. The topological polar surface area (TPSA) is 52.8 Å². The fourth-order valence-corrected chi connectivity index (χ4v) is 1.60. The lowest BCUT2D eigenvalue weighted by Gasteiger charge is -2.09. The van der Waals surface area contributed by atoms with Crippen LogP contribution in [0.2, 0.25) is 0 Å². The summed E-state index contributed by atoms with van der Waals surface area (Å²) in [4.78, 5) is 4.16. The fraction of sp³-hybridized carbons (Fsp3) is 0. The molecule has 0 spiro atoms. The molecule has 1 aromatic carbocycles. The summed E-state index contributed by atoms with van der Waals surface area (Å²) in [5, 5.41) is 7.48. The van der Waals surface area contributed by atoms with E-state index in [1.807, 2.05) is 6.07 Å². The summed E-state index contributed by atoms with van der Waals surface area (Å²) < 4.78 is 20.2. The Morgan fingerprint density at radius 1 is 1.00 bits per heavy atom. The molecule has 2 heterocycles. The molecule has 0 bridgehead atoms. The zero-order valence-electron chi connectivity index (χ0n) is 9.77. The predicted molar refractivity (Wildman–Crippen MR) is 65.6 cm³/mol. The normalized spacial score (nSPS) is 10.4. The largest absolute Gasteiger partial charge is 0.437 e. The fourth-order valence-electron chi connectivity index (χ4n) is 1.60. The van der Waals surface area contributed by atoms with Crippen molar-refractivity contribution in [2.45, 2.75) is 0 Å². The molecule has 0 fully saturated rings. The summed E-state index contributed by atoms with van der Waals surface area (Å²) in [6.45, 7) is 0. The van der Waals surface area contributed by atoms with Gasteiger partial charge in [-0.05, 0) is 36.4 Å². The zero-order valence-corrected chi connectivity index (χ0v) is 9.77. The van der Waals surface area contributed by atoms with Crippen molar-refractivity contribution in [3.63, 3.8) is 0 Å². The van der Waals surface area contributed by atoms with Gasteiger partial charge < -0.3 is 4.74 Å². The second-order valence-electron chi connectivity index (χ2n) is 3.75. The van der Waals surface area contributed by atoms with Crippen molar-refractivity contribution in [3.8, 4) is 17.3 Å². The highest BCUT2D eigenvalue weighted by molar-refractivity contribution is 5.43. The van der Waals surface area contributed by atoms with E-state index >= 15 is 0 Å². The van der Waals surface area contributed by atoms with Gasteiger partial charge in [0, 0.05) is 6.20 Å². The van der Waals surface area contributed by atoms with Crippen LogP contribution in [0.4, 0.5) is 4.39 Å². The molecular weight excluding hydrogens is 247 g/mol. The van der Waals surface area contributed by atoms with Crippen LogP contribution in [0.3, 0.4) is 0 Å². The average Bonchev–Trinajstić information content (AvgIpc) is 2.96. The van der Waals surface area contributed by atoms with Crippen molar-refractivity contribution < 1.29 is 9.13 Å². The van der Waals surface area contributed by atoms with Gasteiger partial charge in [-0.2, -0.15) is 0 Å². The minimum atomic E-state index is -0.313. The first-order chi connectivity index (χ1) is 9.33. The molecule has 0 saturated carbocycles. The molecule has 94 valence electrons. The van der Waals surface area contributed by atoms with Gasteiger partial charge in [0.05, 0.1) is 0 Å². The third-order valence-electron chi connectivity index (χ3n) is 2.48. The minimum Gasteiger partial charge on any atom is -0.437 e. The number of hydrogen-bond donors (Lipinski definition) is 0. The standard InChI is InChI=1S/C13H9FN4O/c14-10-3-5-11(6-4-10)19-13-12(2-1-7-15-13)18-8-16-17-9-18/h1-9H. The third kappa shape index (κ3) is 2.42. The lowest BCUT2D eigenvalue weighted by molar-refractivity contribution is 0.458. The van der Waals surface area contributed by atoms with Gasteiger partial charge in [0.2, 0.25) is 5.88 Å². The van der Waals surface area contributed by atoms with Crippen LogP contribution in [-0.2, 0) is 0 Å². The number of rotatable bonds is 3. The van der Waals surface area contributed by atoms with E-state index in [2.05, 4.69) is 15.2 Å². The van der Waals surface area contributed by atoms with Gasteiger partial charge in [-0.25, -0.2) is 9.37 Å². The zero-order chi connectivity index (χ0) is 13.1. The van der Waals surface area contributed by atoms with Gasteiger partial charge in [-0.1, -0.05) is 0 Å². The van der Waals surface area contributed by atoms with E-state index in [1.165, 1.54) is 12.1 Å². The minimum absolute atomic E-state index is 0.313. The maximum absolute atomic E-state index is 12.8. The highest BCUT2D eigenvalue weighted by atomic mass is 19.1. The molecule has 0 aliphatic rings. The Morgan fingerprint density at radius 3 is 2.47 bits per heavy atom. The molecule has 0 saturated heterocycles. The smallest absolute Gasteiger partial charge is 0.243 e. The Hall–Kier alpha value is -2.76. The Kier molecular flexibility index (Phi) is 2.89. The average molecular weight is 256 g/mol. The van der Waals surface area contributed by atoms with Crippen LogP contribution in [0.1, 0.15) is 0 Å². The Bertz CT molecular complexity index is 667. The highest BCUT2D eigenvalue weighted by Crippen LogP contribution is 2.25. The second-order valence-corrected chi connectivity index (χ2v) is 3.75. The van der Waals surface area contributed by atoms with E-state index in [9.17, 15) is 4.39 Å². The first-order valence-electron chi connectivity index (χ1n) is 5.56. The van der Waals surface area contributed by atoms with Crippen molar-refractivity contribution in [2.24, 2.45) is 0 Å². The molecule has 6 heteroatoms. The van der Waals surface area contributed by atoms with Gasteiger partial charge in [-0.3, -0.25) is 4.57 Å². The molecule has 0 N–H and O–H groups in total. The van der Waals surface area contributed by atoms with Gasteiger partial charge in [0.1, 0.15) is 29.9 Å². The van der Waals surface area contributed by atoms with Crippen LogP contribution in [0.25, 0.3) is 5.69 Å². The number of ether oxygens (including phenoxy) is 1. The Morgan fingerprint density at radius 2 is 1.74 bits per heavy atom. The lowest BCUT2D eigenvalue weighted by atomic mass is 10.3. The molecule has 0 unspecified atom stereocenters. The number of benzene rings is 1. The Labute approximate surface area is 108 Å². The van der Waals surface area contributed by atoms with Crippen LogP contribution >= 0.6 is 0 Å². The summed E-state index contributed by atoms with van der Waals surface area (Å²) in [5.41, 5.74) is 0.705. The molecule has 19 heavy (non-hydrogen) atoms. The maximum atomic E-state index is 12.8. The van der Waals surface area contributed by atoms with E-state index in [1.54, 1.807) is 41.6 Å². The molecule has 2 aromatic heterocycles. The van der Waals surface area contributed by atoms with Crippen LogP contribution in [0.15, 0.2) is 55.2 Å². The van der Waals surface area contributed by atoms with Crippen molar-refractivity contribution in [2.75, 3.05) is 0 Å². The van der Waals surface area contributed by atoms with E-state index in [0.29, 0.717) is 17.3 Å². The molecule has 3 rings (SSSR count). The quantitative estimate of drug-likeness (QED) is 0.722. The summed E-state index contributed by atoms with van der Waals surface area (Å²) in [7, 11) is 0. The lowest BCUT2D eigenvalue weighted by Crippen LogP contribution is -1.97. The third-order valence-corrected chi connectivity index (χ3v) is 2.48. The van der Waals surface area contributed by atoms with Crippen LogP contribution in [0.5, 0.6) is 11.6 Å². The summed E-state index contributed by atoms with van der Waals surface area (Å²) in [6, 6.07) is 9.36. The first-order valence-corrected chi connectivity index (χ1v) is 5.56. The number of aromatic nitrogens is 4. The maximum Gasteiger partial charge on any atom is 0.243 e. The van der Waals surface area contributed by atoms with E-state index < -0.39 is 0 Å². The summed E-state index contributed by atoms with van der Waals surface area (Å²) in [6.07, 6.45) is 4.72. The van der Waals surface area contributed by atoms with Crippen molar-refractivity contribution in [3.05, 3.63) is 61.1 Å². The SMILES string of the molecule is Fc1ccc(Oc2ncccc2-n2cnnc2)cc1. The summed E-state index contributed by atoms with van der Waals surface area (Å²) >= 11 is 0.